The highest BCUT2D eigenvalue weighted by Gasteiger charge is 2.43. The molecule has 2 aliphatic carbocycles. The number of rotatable bonds is 4. The number of methoxy groups -OCH3 is 1. The van der Waals surface area contributed by atoms with Gasteiger partial charge in [0.05, 0.1) is 7.11 Å². The van der Waals surface area contributed by atoms with Gasteiger partial charge in [0.2, 0.25) is 0 Å². The summed E-state index contributed by atoms with van der Waals surface area (Å²) >= 11 is 0. The van der Waals surface area contributed by atoms with E-state index in [1.807, 2.05) is 7.11 Å². The second kappa shape index (κ2) is 6.47. The Hall–Kier alpha value is -1.02. The molecule has 2 saturated carbocycles. The van der Waals surface area contributed by atoms with Crippen molar-refractivity contribution in [3.8, 4) is 5.75 Å². The maximum atomic E-state index is 5.65. The minimum Gasteiger partial charge on any atom is -0.496 e. The number of hydrogen-bond donors (Lipinski definition) is 0. The Morgan fingerprint density at radius 3 is 2.52 bits per heavy atom. The zero-order valence-electron chi connectivity index (χ0n) is 14.8. The van der Waals surface area contributed by atoms with Gasteiger partial charge in [0.15, 0.2) is 0 Å². The standard InChI is InChI=1S/C21H31NO/c1-3-15-5-7-21(23-2)19(13-15)17-8-10-22(11-9-17)20-14-16-4-6-18(20)12-16/h5,7,13,16-18,20H,3-4,6,8-12,14H2,1-2H3/t16-,18-,20+/m0/s1. The fraction of sp³-hybridized carbons (Fsp3) is 0.714. The molecule has 1 aliphatic heterocycles. The summed E-state index contributed by atoms with van der Waals surface area (Å²) in [6.45, 7) is 4.82. The van der Waals surface area contributed by atoms with Crippen LogP contribution < -0.4 is 4.74 Å². The van der Waals surface area contributed by atoms with Crippen LogP contribution in [0.5, 0.6) is 5.75 Å². The van der Waals surface area contributed by atoms with E-state index in [1.165, 1.54) is 62.7 Å². The van der Waals surface area contributed by atoms with Crippen LogP contribution in [0.1, 0.15) is 62.5 Å². The first-order chi connectivity index (χ1) is 11.3. The number of nitrogens with zero attached hydrogens (tertiary/aromatic N) is 1. The molecule has 0 N–H and O–H groups in total. The molecule has 0 radical (unpaired) electrons. The summed E-state index contributed by atoms with van der Waals surface area (Å²) < 4.78 is 5.65. The quantitative estimate of drug-likeness (QED) is 0.804. The van der Waals surface area contributed by atoms with E-state index in [9.17, 15) is 0 Å². The second-order valence-electron chi connectivity index (χ2n) is 7.98. The summed E-state index contributed by atoms with van der Waals surface area (Å²) in [5, 5.41) is 0. The van der Waals surface area contributed by atoms with Gasteiger partial charge in [-0.3, -0.25) is 0 Å². The molecular formula is C21H31NO. The molecule has 1 heterocycles. The molecule has 4 rings (SSSR count). The van der Waals surface area contributed by atoms with E-state index in [-0.39, 0.29) is 0 Å². The molecule has 3 aliphatic rings. The predicted molar refractivity (Wildman–Crippen MR) is 95.2 cm³/mol. The van der Waals surface area contributed by atoms with Gasteiger partial charge in [-0.2, -0.15) is 0 Å². The third-order valence-electron chi connectivity index (χ3n) is 6.84. The smallest absolute Gasteiger partial charge is 0.122 e. The molecule has 126 valence electrons. The molecule has 2 heteroatoms. The van der Waals surface area contributed by atoms with Gasteiger partial charge in [0.1, 0.15) is 5.75 Å². The van der Waals surface area contributed by atoms with Crippen LogP contribution in [0.25, 0.3) is 0 Å². The Labute approximate surface area is 141 Å². The molecule has 0 spiro atoms. The maximum absolute atomic E-state index is 5.65. The minimum absolute atomic E-state index is 0.686. The lowest BCUT2D eigenvalue weighted by molar-refractivity contribution is 0.110. The number of hydrogen-bond acceptors (Lipinski definition) is 2. The van der Waals surface area contributed by atoms with Gasteiger partial charge in [0.25, 0.3) is 0 Å². The summed E-state index contributed by atoms with van der Waals surface area (Å²) in [6.07, 6.45) is 9.75. The molecule has 1 aromatic rings. The highest BCUT2D eigenvalue weighted by atomic mass is 16.5. The molecule has 0 aromatic heterocycles. The van der Waals surface area contributed by atoms with Crippen LogP contribution in [0.2, 0.25) is 0 Å². The normalized spacial score (nSPS) is 31.7. The average Bonchev–Trinajstić information content (AvgIpc) is 3.24. The predicted octanol–water partition coefficient (Wildman–Crippen LogP) is 4.63. The number of fused-ring (bicyclic) bond motifs is 2. The highest BCUT2D eigenvalue weighted by Crippen LogP contribution is 2.47. The van der Waals surface area contributed by atoms with E-state index < -0.39 is 0 Å². The molecule has 23 heavy (non-hydrogen) atoms. The SMILES string of the molecule is CCc1ccc(OC)c(C2CCN([C@@H]3C[C@H]4CC[C@H]3C4)CC2)c1. The van der Waals surface area contributed by atoms with Crippen LogP contribution in [0.15, 0.2) is 18.2 Å². The zero-order chi connectivity index (χ0) is 15.8. The number of ether oxygens (including phenoxy) is 1. The monoisotopic (exact) mass is 313 g/mol. The third-order valence-corrected chi connectivity index (χ3v) is 6.84. The topological polar surface area (TPSA) is 12.5 Å². The van der Waals surface area contributed by atoms with E-state index in [0.717, 1.165) is 30.0 Å². The average molecular weight is 313 g/mol. The summed E-state index contributed by atoms with van der Waals surface area (Å²) in [6, 6.07) is 7.71. The molecule has 1 saturated heterocycles. The molecule has 1 aromatic carbocycles. The first-order valence-electron chi connectivity index (χ1n) is 9.69. The van der Waals surface area contributed by atoms with Gasteiger partial charge in [0, 0.05) is 6.04 Å². The van der Waals surface area contributed by atoms with Crippen LogP contribution in [0.4, 0.5) is 0 Å². The van der Waals surface area contributed by atoms with Crippen LogP contribution in [-0.4, -0.2) is 31.1 Å². The van der Waals surface area contributed by atoms with Crippen molar-refractivity contribution in [3.05, 3.63) is 29.3 Å². The van der Waals surface area contributed by atoms with Gasteiger partial charge < -0.3 is 9.64 Å². The lowest BCUT2D eigenvalue weighted by Gasteiger charge is -2.40. The van der Waals surface area contributed by atoms with Crippen molar-refractivity contribution >= 4 is 0 Å². The molecule has 3 atom stereocenters. The molecule has 0 unspecified atom stereocenters. The third kappa shape index (κ3) is 2.91. The Balaban J connectivity index is 1.43. The summed E-state index contributed by atoms with van der Waals surface area (Å²) in [7, 11) is 1.81. The molecule has 0 amide bonds. The van der Waals surface area contributed by atoms with Gasteiger partial charge in [-0.15, -0.1) is 0 Å². The minimum atomic E-state index is 0.686. The van der Waals surface area contributed by atoms with Crippen LogP contribution in [-0.2, 0) is 6.42 Å². The maximum Gasteiger partial charge on any atom is 0.122 e. The fourth-order valence-electron chi connectivity index (χ4n) is 5.52. The van der Waals surface area contributed by atoms with E-state index in [1.54, 1.807) is 0 Å². The van der Waals surface area contributed by atoms with E-state index in [0.29, 0.717) is 5.92 Å². The van der Waals surface area contributed by atoms with Crippen LogP contribution in [0, 0.1) is 11.8 Å². The largest absolute Gasteiger partial charge is 0.496 e. The van der Waals surface area contributed by atoms with Gasteiger partial charge >= 0.3 is 0 Å². The van der Waals surface area contributed by atoms with Crippen molar-refractivity contribution in [2.45, 2.75) is 63.8 Å². The highest BCUT2D eigenvalue weighted by molar-refractivity contribution is 5.40. The van der Waals surface area contributed by atoms with Crippen molar-refractivity contribution in [2.75, 3.05) is 20.2 Å². The van der Waals surface area contributed by atoms with Gasteiger partial charge in [-0.05, 0) is 86.6 Å². The molecule has 2 bridgehead atoms. The van der Waals surface area contributed by atoms with Crippen molar-refractivity contribution in [2.24, 2.45) is 11.8 Å². The van der Waals surface area contributed by atoms with Crippen molar-refractivity contribution in [1.29, 1.82) is 0 Å². The van der Waals surface area contributed by atoms with E-state index in [4.69, 9.17) is 4.74 Å². The Bertz CT molecular complexity index is 547. The van der Waals surface area contributed by atoms with Crippen molar-refractivity contribution in [1.82, 2.24) is 4.90 Å². The van der Waals surface area contributed by atoms with Crippen molar-refractivity contribution < 1.29 is 4.74 Å². The number of likely N-dealkylation sites (tertiary alicyclic amines) is 1. The fourth-order valence-corrected chi connectivity index (χ4v) is 5.52. The molecular weight excluding hydrogens is 282 g/mol. The Morgan fingerprint density at radius 2 is 1.91 bits per heavy atom. The molecule has 2 nitrogen and oxygen atoms in total. The first-order valence-corrected chi connectivity index (χ1v) is 9.69. The van der Waals surface area contributed by atoms with E-state index >= 15 is 0 Å². The van der Waals surface area contributed by atoms with Gasteiger partial charge in [-0.25, -0.2) is 0 Å². The Kier molecular flexibility index (Phi) is 4.36. The molecule has 3 fully saturated rings. The van der Waals surface area contributed by atoms with Gasteiger partial charge in [-0.1, -0.05) is 25.5 Å². The summed E-state index contributed by atoms with van der Waals surface area (Å²) in [5.74, 6) is 3.87. The van der Waals surface area contributed by atoms with Crippen LogP contribution in [0.3, 0.4) is 0 Å². The van der Waals surface area contributed by atoms with E-state index in [2.05, 4.69) is 30.0 Å². The number of aryl methyl sites for hydroxylation is 1. The number of piperidine rings is 1. The second-order valence-corrected chi connectivity index (χ2v) is 7.98. The lowest BCUT2D eigenvalue weighted by Crippen LogP contribution is -2.43. The van der Waals surface area contributed by atoms with Crippen molar-refractivity contribution in [3.63, 3.8) is 0 Å². The number of benzene rings is 1. The van der Waals surface area contributed by atoms with Crippen LogP contribution >= 0.6 is 0 Å². The summed E-state index contributed by atoms with van der Waals surface area (Å²) in [4.78, 5) is 2.83. The first kappa shape index (κ1) is 15.5. The Morgan fingerprint density at radius 1 is 1.09 bits per heavy atom. The zero-order valence-corrected chi connectivity index (χ0v) is 14.8. The lowest BCUT2D eigenvalue weighted by atomic mass is 9.85. The summed E-state index contributed by atoms with van der Waals surface area (Å²) in [5.41, 5.74) is 2.90.